The Morgan fingerprint density at radius 3 is 2.64 bits per heavy atom. The van der Waals surface area contributed by atoms with E-state index in [0.29, 0.717) is 11.5 Å². The van der Waals surface area contributed by atoms with E-state index in [0.717, 1.165) is 24.2 Å². The van der Waals surface area contributed by atoms with Gasteiger partial charge in [0.1, 0.15) is 11.9 Å². The van der Waals surface area contributed by atoms with Gasteiger partial charge in [0.15, 0.2) is 11.5 Å². The van der Waals surface area contributed by atoms with Crippen LogP contribution in [0.5, 0.6) is 17.2 Å². The summed E-state index contributed by atoms with van der Waals surface area (Å²) in [6.45, 7) is 0.213. The Kier molecular flexibility index (Phi) is 5.15. The monoisotopic (exact) mass is 363 g/mol. The Morgan fingerprint density at radius 1 is 1.12 bits per heavy atom. The first-order valence-electron chi connectivity index (χ1n) is 8.00. The average molecular weight is 363 g/mol. The zero-order valence-electron chi connectivity index (χ0n) is 14.2. The molecule has 2 aromatic carbocycles. The lowest BCUT2D eigenvalue weighted by atomic mass is 10.0. The van der Waals surface area contributed by atoms with Crippen LogP contribution in [0, 0.1) is 0 Å². The van der Waals surface area contributed by atoms with Gasteiger partial charge in [-0.2, -0.15) is 0 Å². The van der Waals surface area contributed by atoms with Crippen LogP contribution in [0.2, 0.25) is 0 Å². The fourth-order valence-electron chi connectivity index (χ4n) is 2.79. The maximum absolute atomic E-state index is 12.5. The Bertz CT molecular complexity index is 850. The molecule has 1 aliphatic rings. The fraction of sp³-hybridized carbons (Fsp3) is 0.333. The Morgan fingerprint density at radius 2 is 1.88 bits per heavy atom. The maximum atomic E-state index is 12.5. The number of rotatable bonds is 6. The zero-order chi connectivity index (χ0) is 17.9. The van der Waals surface area contributed by atoms with E-state index in [1.165, 1.54) is 26.4 Å². The molecule has 0 fully saturated rings. The molecule has 1 aliphatic heterocycles. The molecule has 134 valence electrons. The Labute approximate surface area is 147 Å². The van der Waals surface area contributed by atoms with Crippen molar-refractivity contribution in [2.75, 3.05) is 20.8 Å². The van der Waals surface area contributed by atoms with Crippen molar-refractivity contribution in [3.05, 3.63) is 48.0 Å². The number of fused-ring (bicyclic) bond motifs is 1. The van der Waals surface area contributed by atoms with E-state index in [9.17, 15) is 8.42 Å². The number of para-hydroxylation sites is 1. The highest BCUT2D eigenvalue weighted by atomic mass is 32.2. The van der Waals surface area contributed by atoms with Crippen LogP contribution in [-0.2, 0) is 16.4 Å². The molecule has 0 saturated carbocycles. The third-order valence-corrected chi connectivity index (χ3v) is 5.59. The summed E-state index contributed by atoms with van der Waals surface area (Å²) in [7, 11) is -0.690. The van der Waals surface area contributed by atoms with Gasteiger partial charge in [0.05, 0.1) is 19.1 Å². The van der Waals surface area contributed by atoms with Gasteiger partial charge >= 0.3 is 0 Å². The molecule has 3 rings (SSSR count). The van der Waals surface area contributed by atoms with E-state index in [-0.39, 0.29) is 17.5 Å². The summed E-state index contributed by atoms with van der Waals surface area (Å²) in [5, 5.41) is 0. The van der Waals surface area contributed by atoms with Crippen molar-refractivity contribution in [3.63, 3.8) is 0 Å². The largest absolute Gasteiger partial charge is 0.493 e. The second kappa shape index (κ2) is 7.33. The van der Waals surface area contributed by atoms with Crippen molar-refractivity contribution in [2.45, 2.75) is 23.8 Å². The van der Waals surface area contributed by atoms with Crippen LogP contribution in [0.15, 0.2) is 47.4 Å². The molecule has 0 aliphatic carbocycles. The number of nitrogens with one attached hydrogen (secondary N) is 1. The third-order valence-electron chi connectivity index (χ3n) is 4.17. The van der Waals surface area contributed by atoms with E-state index >= 15 is 0 Å². The van der Waals surface area contributed by atoms with Crippen molar-refractivity contribution >= 4 is 10.0 Å². The highest BCUT2D eigenvalue weighted by Crippen LogP contribution is 2.30. The van der Waals surface area contributed by atoms with Gasteiger partial charge in [0, 0.05) is 12.6 Å². The Hall–Kier alpha value is -2.25. The summed E-state index contributed by atoms with van der Waals surface area (Å²) < 4.78 is 43.8. The van der Waals surface area contributed by atoms with Crippen molar-refractivity contribution in [1.82, 2.24) is 4.72 Å². The first-order chi connectivity index (χ1) is 12.0. The molecule has 1 N–H and O–H groups in total. The molecule has 1 heterocycles. The number of benzene rings is 2. The number of hydrogen-bond donors (Lipinski definition) is 1. The lowest BCUT2D eigenvalue weighted by Gasteiger charge is -2.26. The highest BCUT2D eigenvalue weighted by Gasteiger charge is 2.23. The van der Waals surface area contributed by atoms with E-state index in [1.54, 1.807) is 6.07 Å². The molecule has 7 heteroatoms. The van der Waals surface area contributed by atoms with Crippen LogP contribution >= 0.6 is 0 Å². The van der Waals surface area contributed by atoms with Crippen LogP contribution in [0.4, 0.5) is 0 Å². The SMILES string of the molecule is COc1ccc(S(=O)(=O)NCC2CCc3ccccc3O2)cc1OC. The quantitative estimate of drug-likeness (QED) is 0.853. The van der Waals surface area contributed by atoms with Crippen molar-refractivity contribution in [2.24, 2.45) is 0 Å². The molecule has 0 radical (unpaired) electrons. The van der Waals surface area contributed by atoms with Gasteiger partial charge in [-0.1, -0.05) is 18.2 Å². The lowest BCUT2D eigenvalue weighted by molar-refractivity contribution is 0.177. The van der Waals surface area contributed by atoms with Crippen LogP contribution in [-0.4, -0.2) is 35.3 Å². The number of sulfonamides is 1. The summed E-state index contributed by atoms with van der Waals surface area (Å²) in [5.41, 5.74) is 1.15. The molecule has 6 nitrogen and oxygen atoms in total. The van der Waals surface area contributed by atoms with Gasteiger partial charge < -0.3 is 14.2 Å². The minimum Gasteiger partial charge on any atom is -0.493 e. The van der Waals surface area contributed by atoms with E-state index in [2.05, 4.69) is 4.72 Å². The first kappa shape index (κ1) is 17.6. The molecule has 1 atom stereocenters. The smallest absolute Gasteiger partial charge is 0.240 e. The minimum absolute atomic E-state index is 0.126. The van der Waals surface area contributed by atoms with Crippen LogP contribution in [0.1, 0.15) is 12.0 Å². The van der Waals surface area contributed by atoms with Crippen molar-refractivity contribution < 1.29 is 22.6 Å². The van der Waals surface area contributed by atoms with E-state index in [1.807, 2.05) is 24.3 Å². The van der Waals surface area contributed by atoms with Gasteiger partial charge in [0.25, 0.3) is 0 Å². The summed E-state index contributed by atoms with van der Waals surface area (Å²) in [5.74, 6) is 1.67. The van der Waals surface area contributed by atoms with Crippen LogP contribution in [0.25, 0.3) is 0 Å². The third kappa shape index (κ3) is 3.88. The molecular formula is C18H21NO5S. The van der Waals surface area contributed by atoms with Gasteiger partial charge in [-0.05, 0) is 36.6 Å². The summed E-state index contributed by atoms with van der Waals surface area (Å²) in [6, 6.07) is 12.3. The number of hydrogen-bond acceptors (Lipinski definition) is 5. The average Bonchev–Trinajstić information content (AvgIpc) is 2.65. The predicted molar refractivity (Wildman–Crippen MR) is 93.9 cm³/mol. The highest BCUT2D eigenvalue weighted by molar-refractivity contribution is 7.89. The topological polar surface area (TPSA) is 73.9 Å². The summed E-state index contributed by atoms with van der Waals surface area (Å²) in [6.07, 6.45) is 1.45. The van der Waals surface area contributed by atoms with Crippen molar-refractivity contribution in [1.29, 1.82) is 0 Å². The fourth-order valence-corrected chi connectivity index (χ4v) is 3.88. The molecule has 2 aromatic rings. The number of methoxy groups -OCH3 is 2. The van der Waals surface area contributed by atoms with Gasteiger partial charge in [-0.15, -0.1) is 0 Å². The molecular weight excluding hydrogens is 342 g/mol. The molecule has 0 saturated heterocycles. The Balaban J connectivity index is 1.68. The van der Waals surface area contributed by atoms with Gasteiger partial charge in [-0.3, -0.25) is 0 Å². The lowest BCUT2D eigenvalue weighted by Crippen LogP contribution is -2.37. The maximum Gasteiger partial charge on any atom is 0.240 e. The minimum atomic E-state index is -3.66. The molecule has 25 heavy (non-hydrogen) atoms. The predicted octanol–water partition coefficient (Wildman–Crippen LogP) is 2.38. The normalized spacial score (nSPS) is 16.6. The second-order valence-corrected chi connectivity index (χ2v) is 7.52. The molecule has 0 spiro atoms. The number of ether oxygens (including phenoxy) is 3. The molecule has 0 bridgehead atoms. The molecule has 0 aromatic heterocycles. The second-order valence-electron chi connectivity index (χ2n) is 5.75. The van der Waals surface area contributed by atoms with Gasteiger partial charge in [-0.25, -0.2) is 13.1 Å². The molecule has 1 unspecified atom stereocenters. The van der Waals surface area contributed by atoms with Gasteiger partial charge in [0.2, 0.25) is 10.0 Å². The molecule has 0 amide bonds. The standard InChI is InChI=1S/C18H21NO5S/c1-22-17-10-9-15(11-18(17)23-2)25(20,21)19-12-14-8-7-13-5-3-4-6-16(13)24-14/h3-6,9-11,14,19H,7-8,12H2,1-2H3. The van der Waals surface area contributed by atoms with Crippen LogP contribution in [0.3, 0.4) is 0 Å². The zero-order valence-corrected chi connectivity index (χ0v) is 15.0. The summed E-state index contributed by atoms with van der Waals surface area (Å²) >= 11 is 0. The van der Waals surface area contributed by atoms with E-state index in [4.69, 9.17) is 14.2 Å². The van der Waals surface area contributed by atoms with Crippen LogP contribution < -0.4 is 18.9 Å². The van der Waals surface area contributed by atoms with Crippen molar-refractivity contribution in [3.8, 4) is 17.2 Å². The summed E-state index contributed by atoms with van der Waals surface area (Å²) in [4.78, 5) is 0.126. The van der Waals surface area contributed by atoms with E-state index < -0.39 is 10.0 Å². The number of aryl methyl sites for hydroxylation is 1. The first-order valence-corrected chi connectivity index (χ1v) is 9.48.